The molecule has 0 aromatic carbocycles. The quantitative estimate of drug-likeness (QED) is 0.762. The predicted octanol–water partition coefficient (Wildman–Crippen LogP) is 0.689. The molecule has 8 nitrogen and oxygen atoms in total. The number of rotatable bonds is 6. The first-order valence-electron chi connectivity index (χ1n) is 9.64. The van der Waals surface area contributed by atoms with Crippen LogP contribution in [0.4, 0.5) is 0 Å². The third kappa shape index (κ3) is 5.16. The van der Waals surface area contributed by atoms with Crippen LogP contribution in [0.3, 0.4) is 0 Å². The van der Waals surface area contributed by atoms with Crippen molar-refractivity contribution < 1.29 is 13.2 Å². The van der Waals surface area contributed by atoms with Crippen LogP contribution in [0.5, 0.6) is 0 Å². The second-order valence-corrected chi connectivity index (χ2v) is 9.54. The van der Waals surface area contributed by atoms with Gasteiger partial charge in [-0.05, 0) is 25.7 Å². The first kappa shape index (κ1) is 20.0. The van der Waals surface area contributed by atoms with Gasteiger partial charge in [0, 0.05) is 44.1 Å². The van der Waals surface area contributed by atoms with Crippen LogP contribution in [0.15, 0.2) is 17.2 Å². The van der Waals surface area contributed by atoms with Gasteiger partial charge >= 0.3 is 0 Å². The van der Waals surface area contributed by atoms with Gasteiger partial charge < -0.3 is 5.32 Å². The molecule has 150 valence electrons. The van der Waals surface area contributed by atoms with Gasteiger partial charge in [-0.25, -0.2) is 17.7 Å². The average Bonchev–Trinajstić information content (AvgIpc) is 3.17. The van der Waals surface area contributed by atoms with E-state index >= 15 is 0 Å². The maximum atomic E-state index is 12.3. The van der Waals surface area contributed by atoms with Gasteiger partial charge in [-0.1, -0.05) is 12.8 Å². The van der Waals surface area contributed by atoms with Gasteiger partial charge in [0.25, 0.3) is 5.56 Å². The molecular formula is C18H28N4O4S. The third-order valence-corrected chi connectivity index (χ3v) is 6.92. The molecule has 2 fully saturated rings. The van der Waals surface area contributed by atoms with Gasteiger partial charge in [0.15, 0.2) is 0 Å². The van der Waals surface area contributed by atoms with Gasteiger partial charge in [-0.3, -0.25) is 14.2 Å². The maximum Gasteiger partial charge on any atom is 0.253 e. The summed E-state index contributed by atoms with van der Waals surface area (Å²) in [5, 5.41) is 2.86. The Morgan fingerprint density at radius 2 is 1.89 bits per heavy atom. The van der Waals surface area contributed by atoms with Crippen molar-refractivity contribution in [2.75, 3.05) is 25.9 Å². The molecule has 1 amide bonds. The molecule has 0 radical (unpaired) electrons. The molecule has 1 saturated heterocycles. The summed E-state index contributed by atoms with van der Waals surface area (Å²) in [4.78, 5) is 29.0. The Morgan fingerprint density at radius 1 is 1.22 bits per heavy atom. The van der Waals surface area contributed by atoms with Gasteiger partial charge in [0.1, 0.15) is 0 Å². The van der Waals surface area contributed by atoms with Crippen molar-refractivity contribution in [3.05, 3.63) is 28.4 Å². The molecule has 2 aliphatic rings. The number of nitrogens with zero attached hydrogens (tertiary/aromatic N) is 3. The van der Waals surface area contributed by atoms with E-state index < -0.39 is 10.0 Å². The van der Waals surface area contributed by atoms with Crippen LogP contribution in [0.1, 0.15) is 50.1 Å². The first-order valence-corrected chi connectivity index (χ1v) is 11.5. The highest BCUT2D eigenvalue weighted by Gasteiger charge is 2.28. The molecule has 1 aliphatic heterocycles. The zero-order valence-corrected chi connectivity index (χ0v) is 16.6. The molecule has 0 spiro atoms. The van der Waals surface area contributed by atoms with Gasteiger partial charge in [-0.2, -0.15) is 0 Å². The van der Waals surface area contributed by atoms with E-state index in [1.165, 1.54) is 28.0 Å². The molecule has 3 rings (SSSR count). The van der Waals surface area contributed by atoms with Crippen molar-refractivity contribution >= 4 is 15.9 Å². The van der Waals surface area contributed by atoms with Crippen molar-refractivity contribution in [1.82, 2.24) is 19.2 Å². The van der Waals surface area contributed by atoms with Crippen LogP contribution in [0.25, 0.3) is 0 Å². The van der Waals surface area contributed by atoms with Crippen LogP contribution in [-0.4, -0.2) is 54.1 Å². The van der Waals surface area contributed by atoms with Crippen LogP contribution in [0, 0.1) is 5.92 Å². The van der Waals surface area contributed by atoms with Crippen molar-refractivity contribution in [3.63, 3.8) is 0 Å². The molecule has 1 N–H and O–H groups in total. The van der Waals surface area contributed by atoms with Gasteiger partial charge in [0.05, 0.1) is 18.3 Å². The molecule has 2 heterocycles. The highest BCUT2D eigenvalue weighted by Crippen LogP contribution is 2.32. The smallest absolute Gasteiger partial charge is 0.253 e. The van der Waals surface area contributed by atoms with Crippen molar-refractivity contribution in [2.24, 2.45) is 5.92 Å². The van der Waals surface area contributed by atoms with Crippen LogP contribution in [-0.2, 0) is 21.4 Å². The van der Waals surface area contributed by atoms with Crippen molar-refractivity contribution in [2.45, 2.75) is 51.0 Å². The number of hydrogen-bond acceptors (Lipinski definition) is 5. The molecular weight excluding hydrogens is 368 g/mol. The lowest BCUT2D eigenvalue weighted by Crippen LogP contribution is -2.43. The summed E-state index contributed by atoms with van der Waals surface area (Å²) >= 11 is 0. The Morgan fingerprint density at radius 3 is 2.48 bits per heavy atom. The molecule has 1 aliphatic carbocycles. The van der Waals surface area contributed by atoms with E-state index in [2.05, 4.69) is 10.3 Å². The van der Waals surface area contributed by atoms with Crippen LogP contribution in [0.2, 0.25) is 0 Å². The largest absolute Gasteiger partial charge is 0.354 e. The number of aromatic nitrogens is 2. The zero-order chi connectivity index (χ0) is 19.4. The number of nitrogens with one attached hydrogen (secondary N) is 1. The van der Waals surface area contributed by atoms with Gasteiger partial charge in [-0.15, -0.1) is 0 Å². The molecule has 0 atom stereocenters. The Labute approximate surface area is 160 Å². The SMILES string of the molecule is CS(=O)(=O)N1CCC(C(=O)NCCn2cnc(C3CCCC3)cc2=O)CC1. The minimum atomic E-state index is -3.19. The lowest BCUT2D eigenvalue weighted by molar-refractivity contribution is -0.126. The number of amides is 1. The van der Waals surface area contributed by atoms with E-state index in [9.17, 15) is 18.0 Å². The predicted molar refractivity (Wildman–Crippen MR) is 102 cm³/mol. The zero-order valence-electron chi connectivity index (χ0n) is 15.8. The Kier molecular flexibility index (Phi) is 6.31. The van der Waals surface area contributed by atoms with E-state index in [1.54, 1.807) is 12.4 Å². The average molecular weight is 397 g/mol. The van der Waals surface area contributed by atoms with E-state index in [-0.39, 0.29) is 17.4 Å². The minimum absolute atomic E-state index is 0.0771. The highest BCUT2D eigenvalue weighted by molar-refractivity contribution is 7.88. The minimum Gasteiger partial charge on any atom is -0.354 e. The van der Waals surface area contributed by atoms with E-state index in [1.807, 2.05) is 0 Å². The Bertz CT molecular complexity index is 822. The van der Waals surface area contributed by atoms with Crippen molar-refractivity contribution in [1.29, 1.82) is 0 Å². The summed E-state index contributed by atoms with van der Waals surface area (Å²) < 4.78 is 26.0. The monoisotopic (exact) mass is 396 g/mol. The first-order chi connectivity index (χ1) is 12.8. The van der Waals surface area contributed by atoms with E-state index in [0.29, 0.717) is 44.9 Å². The molecule has 1 saturated carbocycles. The molecule has 27 heavy (non-hydrogen) atoms. The second-order valence-electron chi connectivity index (χ2n) is 7.55. The Balaban J connectivity index is 1.46. The number of carbonyl (C=O) groups excluding carboxylic acids is 1. The molecule has 0 unspecified atom stereocenters. The fraction of sp³-hybridized carbons (Fsp3) is 0.722. The van der Waals surface area contributed by atoms with E-state index in [0.717, 1.165) is 18.5 Å². The third-order valence-electron chi connectivity index (χ3n) is 5.62. The highest BCUT2D eigenvalue weighted by atomic mass is 32.2. The van der Waals surface area contributed by atoms with Crippen LogP contribution < -0.4 is 10.9 Å². The second kappa shape index (κ2) is 8.52. The maximum absolute atomic E-state index is 12.3. The summed E-state index contributed by atoms with van der Waals surface area (Å²) in [6.07, 6.45) is 8.42. The molecule has 9 heteroatoms. The Hall–Kier alpha value is -1.74. The lowest BCUT2D eigenvalue weighted by Gasteiger charge is -2.29. The molecule has 1 aromatic heterocycles. The standard InChI is InChI=1S/C18H28N4O4S/c1-27(25,26)22-9-6-15(7-10-22)18(24)19-8-11-21-13-20-16(12-17(21)23)14-4-2-3-5-14/h12-15H,2-11H2,1H3,(H,19,24). The summed E-state index contributed by atoms with van der Waals surface area (Å²) in [5.74, 6) is 0.152. The fourth-order valence-electron chi connectivity index (χ4n) is 3.95. The summed E-state index contributed by atoms with van der Waals surface area (Å²) in [7, 11) is -3.19. The lowest BCUT2D eigenvalue weighted by atomic mass is 9.97. The molecule has 1 aromatic rings. The summed E-state index contributed by atoms with van der Waals surface area (Å²) in [5.41, 5.74) is 0.804. The van der Waals surface area contributed by atoms with Crippen LogP contribution >= 0.6 is 0 Å². The number of hydrogen-bond donors (Lipinski definition) is 1. The topological polar surface area (TPSA) is 101 Å². The summed E-state index contributed by atoms with van der Waals surface area (Å²) in [6, 6.07) is 1.62. The molecule has 0 bridgehead atoms. The van der Waals surface area contributed by atoms with Gasteiger partial charge in [0.2, 0.25) is 15.9 Å². The number of sulfonamides is 1. The van der Waals surface area contributed by atoms with Crippen molar-refractivity contribution in [3.8, 4) is 0 Å². The fourth-order valence-corrected chi connectivity index (χ4v) is 4.82. The number of piperidine rings is 1. The number of carbonyl (C=O) groups is 1. The van der Waals surface area contributed by atoms with E-state index in [4.69, 9.17) is 0 Å². The summed E-state index contributed by atoms with van der Waals surface area (Å²) in [6.45, 7) is 1.49. The normalized spacial score (nSPS) is 20.0.